The molecule has 1 atom stereocenters. The highest BCUT2D eigenvalue weighted by Crippen LogP contribution is 2.41. The number of nitrogens with zero attached hydrogens (tertiary/aromatic N) is 3. The Morgan fingerprint density at radius 3 is 3.00 bits per heavy atom. The zero-order valence-corrected chi connectivity index (χ0v) is 18.1. The summed E-state index contributed by atoms with van der Waals surface area (Å²) in [4.78, 5) is 18.9. The van der Waals surface area contributed by atoms with Crippen LogP contribution in [0.3, 0.4) is 0 Å². The van der Waals surface area contributed by atoms with Crippen molar-refractivity contribution >= 4 is 33.2 Å². The van der Waals surface area contributed by atoms with Crippen LogP contribution in [0.4, 0.5) is 5.82 Å². The number of anilines is 1. The third-order valence-electron chi connectivity index (χ3n) is 5.79. The van der Waals surface area contributed by atoms with Crippen molar-refractivity contribution < 1.29 is 14.6 Å². The van der Waals surface area contributed by atoms with E-state index in [1.54, 1.807) is 0 Å². The fourth-order valence-corrected chi connectivity index (χ4v) is 5.27. The van der Waals surface area contributed by atoms with Gasteiger partial charge in [0.2, 0.25) is 0 Å². The van der Waals surface area contributed by atoms with Crippen molar-refractivity contribution in [2.75, 3.05) is 25.9 Å². The lowest BCUT2D eigenvalue weighted by Crippen LogP contribution is -2.26. The maximum absolute atomic E-state index is 11.6. The maximum atomic E-state index is 11.6. The van der Waals surface area contributed by atoms with Gasteiger partial charge >= 0.3 is 5.97 Å². The summed E-state index contributed by atoms with van der Waals surface area (Å²) < 4.78 is 6.79. The Labute approximate surface area is 184 Å². The topological polar surface area (TPSA) is 112 Å². The molecule has 3 aromatic rings. The molecule has 1 unspecified atom stereocenters. The molecule has 0 spiro atoms. The minimum Gasteiger partial charge on any atom is -0.493 e. The van der Waals surface area contributed by atoms with E-state index >= 15 is 0 Å². The first-order valence-electron chi connectivity index (χ1n) is 10.2. The van der Waals surface area contributed by atoms with Crippen molar-refractivity contribution in [3.63, 3.8) is 0 Å². The number of nitriles is 1. The Morgan fingerprint density at radius 2 is 2.29 bits per heavy atom. The molecule has 4 rings (SSSR count). The summed E-state index contributed by atoms with van der Waals surface area (Å²) in [6.07, 6.45) is 4.93. The van der Waals surface area contributed by atoms with Crippen LogP contribution in [0.15, 0.2) is 30.5 Å². The average Bonchev–Trinajstić information content (AvgIpc) is 3.36. The fraction of sp³-hybridized carbons (Fsp3) is 0.348. The average molecular weight is 437 g/mol. The van der Waals surface area contributed by atoms with Gasteiger partial charge in [-0.15, -0.1) is 11.3 Å². The maximum Gasteiger partial charge on any atom is 0.338 e. The molecule has 0 bridgehead atoms. The van der Waals surface area contributed by atoms with Crippen LogP contribution in [0.25, 0.3) is 20.5 Å². The molecule has 2 aromatic heterocycles. The Balaban J connectivity index is 1.68. The van der Waals surface area contributed by atoms with E-state index in [1.165, 1.54) is 30.4 Å². The molecule has 3 heterocycles. The van der Waals surface area contributed by atoms with Crippen LogP contribution in [-0.2, 0) is 6.42 Å². The lowest BCUT2D eigenvalue weighted by Gasteiger charge is -2.20. The number of ether oxygens (including phenoxy) is 1. The molecule has 3 N–H and O–H groups in total. The number of carbonyl (C=O) groups is 1. The minimum atomic E-state index is -1.03. The van der Waals surface area contributed by atoms with Crippen LogP contribution in [0, 0.1) is 11.3 Å². The van der Waals surface area contributed by atoms with Crippen LogP contribution < -0.4 is 10.5 Å². The normalized spacial score (nSPS) is 16.5. The summed E-state index contributed by atoms with van der Waals surface area (Å²) in [7, 11) is 2.15. The first-order chi connectivity index (χ1) is 15.0. The summed E-state index contributed by atoms with van der Waals surface area (Å²) in [5.74, 6) is -0.0360. The third kappa shape index (κ3) is 4.33. The van der Waals surface area contributed by atoms with Crippen LogP contribution in [0.2, 0.25) is 0 Å². The highest BCUT2D eigenvalue weighted by Gasteiger charge is 2.21. The van der Waals surface area contributed by atoms with Gasteiger partial charge in [0.1, 0.15) is 11.6 Å². The molecular weight excluding hydrogens is 412 g/mol. The Morgan fingerprint density at radius 1 is 1.45 bits per heavy atom. The number of fused-ring (bicyclic) bond motifs is 1. The molecule has 1 fully saturated rings. The molecular formula is C23H24N4O3S. The SMILES string of the molecule is CN1CCCC1CCOc1cc(CC#N)ccc1-c1cc2c(N)ncc(C(=O)O)c2s1. The molecule has 0 amide bonds. The number of carboxylic acid groups (broad SMARTS) is 1. The number of benzene rings is 1. The molecule has 1 aromatic carbocycles. The molecule has 31 heavy (non-hydrogen) atoms. The number of aromatic nitrogens is 1. The molecule has 7 nitrogen and oxygen atoms in total. The number of likely N-dealkylation sites (tertiary alicyclic amines) is 1. The van der Waals surface area contributed by atoms with Gasteiger partial charge in [-0.3, -0.25) is 0 Å². The predicted molar refractivity (Wildman–Crippen MR) is 122 cm³/mol. The fourth-order valence-electron chi connectivity index (χ4n) is 4.07. The quantitative estimate of drug-likeness (QED) is 0.571. The summed E-state index contributed by atoms with van der Waals surface area (Å²) >= 11 is 1.36. The summed E-state index contributed by atoms with van der Waals surface area (Å²) in [5, 5.41) is 19.2. The van der Waals surface area contributed by atoms with Gasteiger partial charge in [0, 0.05) is 28.1 Å². The van der Waals surface area contributed by atoms with Crippen molar-refractivity contribution in [2.45, 2.75) is 31.7 Å². The summed E-state index contributed by atoms with van der Waals surface area (Å²) in [5.41, 5.74) is 7.89. The van der Waals surface area contributed by atoms with Crippen molar-refractivity contribution in [3.8, 4) is 22.3 Å². The number of thiophene rings is 1. The molecule has 8 heteroatoms. The van der Waals surface area contributed by atoms with Crippen molar-refractivity contribution in [1.29, 1.82) is 5.26 Å². The van der Waals surface area contributed by atoms with E-state index in [0.29, 0.717) is 40.7 Å². The Bertz CT molecular complexity index is 1170. The van der Waals surface area contributed by atoms with Gasteiger partial charge in [-0.1, -0.05) is 6.07 Å². The molecule has 1 aliphatic heterocycles. The number of aromatic carboxylic acids is 1. The third-order valence-corrected chi connectivity index (χ3v) is 6.99. The smallest absolute Gasteiger partial charge is 0.338 e. The lowest BCUT2D eigenvalue weighted by molar-refractivity contribution is 0.0699. The molecule has 160 valence electrons. The van der Waals surface area contributed by atoms with Crippen LogP contribution >= 0.6 is 11.3 Å². The van der Waals surface area contributed by atoms with Gasteiger partial charge in [0.15, 0.2) is 0 Å². The van der Waals surface area contributed by atoms with Gasteiger partial charge in [-0.25, -0.2) is 9.78 Å². The van der Waals surface area contributed by atoms with E-state index < -0.39 is 5.97 Å². The van der Waals surface area contributed by atoms with E-state index in [9.17, 15) is 9.90 Å². The highest BCUT2D eigenvalue weighted by molar-refractivity contribution is 7.22. The van der Waals surface area contributed by atoms with Crippen LogP contribution in [0.5, 0.6) is 5.75 Å². The van der Waals surface area contributed by atoms with Crippen molar-refractivity contribution in [3.05, 3.63) is 41.6 Å². The summed E-state index contributed by atoms with van der Waals surface area (Å²) in [6, 6.07) is 10.3. The van der Waals surface area contributed by atoms with E-state index in [0.717, 1.165) is 29.0 Å². The van der Waals surface area contributed by atoms with Gasteiger partial charge in [0.25, 0.3) is 0 Å². The number of nitrogen functional groups attached to an aromatic ring is 1. The number of carboxylic acids is 1. The zero-order valence-electron chi connectivity index (χ0n) is 17.3. The predicted octanol–water partition coefficient (Wildman–Crippen LogP) is 4.17. The zero-order chi connectivity index (χ0) is 22.0. The molecule has 1 aliphatic rings. The Hall–Kier alpha value is -3.15. The van der Waals surface area contributed by atoms with Gasteiger partial charge in [-0.2, -0.15) is 5.26 Å². The van der Waals surface area contributed by atoms with Crippen molar-refractivity contribution in [1.82, 2.24) is 9.88 Å². The number of hydrogen-bond acceptors (Lipinski definition) is 7. The van der Waals surface area contributed by atoms with E-state index in [4.69, 9.17) is 15.7 Å². The van der Waals surface area contributed by atoms with E-state index in [1.807, 2.05) is 24.3 Å². The number of hydrogen-bond donors (Lipinski definition) is 2. The first-order valence-corrected chi connectivity index (χ1v) is 11.0. The number of pyridine rings is 1. The number of nitrogens with two attached hydrogens (primary N) is 1. The van der Waals surface area contributed by atoms with E-state index in [2.05, 4.69) is 23.0 Å². The first kappa shape index (κ1) is 21.1. The van der Waals surface area contributed by atoms with Gasteiger partial charge in [0.05, 0.1) is 29.4 Å². The molecule has 1 saturated heterocycles. The van der Waals surface area contributed by atoms with Crippen LogP contribution in [0.1, 0.15) is 35.2 Å². The standard InChI is InChI=1S/C23H24N4O3S/c1-27-9-2-3-15(27)7-10-30-19-11-14(6-8-24)4-5-16(19)20-12-17-21(31-20)18(23(28)29)13-26-22(17)25/h4-5,11-13,15H,2-3,6-7,9-10H2,1H3,(H2,25,26)(H,28,29). The highest BCUT2D eigenvalue weighted by atomic mass is 32.1. The molecule has 0 radical (unpaired) electrons. The second-order valence-electron chi connectivity index (χ2n) is 7.79. The monoisotopic (exact) mass is 436 g/mol. The second-order valence-corrected chi connectivity index (χ2v) is 8.85. The second kappa shape index (κ2) is 8.92. The van der Waals surface area contributed by atoms with Gasteiger partial charge in [-0.05, 0) is 56.6 Å². The minimum absolute atomic E-state index is 0.133. The van der Waals surface area contributed by atoms with Gasteiger partial charge < -0.3 is 20.5 Å². The van der Waals surface area contributed by atoms with Crippen LogP contribution in [-0.4, -0.2) is 47.2 Å². The van der Waals surface area contributed by atoms with E-state index in [-0.39, 0.29) is 5.56 Å². The molecule has 0 saturated carbocycles. The number of rotatable bonds is 7. The largest absolute Gasteiger partial charge is 0.493 e. The molecule has 0 aliphatic carbocycles. The Kier molecular flexibility index (Phi) is 6.07. The summed E-state index contributed by atoms with van der Waals surface area (Å²) in [6.45, 7) is 1.70. The van der Waals surface area contributed by atoms with Crippen molar-refractivity contribution in [2.24, 2.45) is 0 Å². The lowest BCUT2D eigenvalue weighted by atomic mass is 10.1.